The maximum absolute atomic E-state index is 13.5. The van der Waals surface area contributed by atoms with Crippen molar-refractivity contribution in [3.63, 3.8) is 0 Å². The van der Waals surface area contributed by atoms with Gasteiger partial charge in [-0.1, -0.05) is 79.2 Å². The highest BCUT2D eigenvalue weighted by Gasteiger charge is 2.33. The van der Waals surface area contributed by atoms with Crippen molar-refractivity contribution in [3.8, 4) is 0 Å². The highest BCUT2D eigenvalue weighted by molar-refractivity contribution is 7.98. The van der Waals surface area contributed by atoms with Gasteiger partial charge in [0, 0.05) is 18.9 Å². The van der Waals surface area contributed by atoms with Crippen molar-refractivity contribution in [1.29, 1.82) is 0 Å². The first-order chi connectivity index (χ1) is 15.7. The van der Waals surface area contributed by atoms with E-state index in [-0.39, 0.29) is 18.4 Å². The Morgan fingerprint density at radius 3 is 2.50 bits per heavy atom. The average Bonchev–Trinajstić information content (AvgIpc) is 3.51. The minimum atomic E-state index is -0.391. The van der Waals surface area contributed by atoms with Gasteiger partial charge in [-0.05, 0) is 41.7 Å². The largest absolute Gasteiger partial charge is 0.394 e. The molecule has 3 aromatic rings. The fraction of sp³-hybridized carbons (Fsp3) is 0.385. The molecule has 0 bridgehead atoms. The first-order valence-corrected chi connectivity index (χ1v) is 12.5. The number of rotatable bonds is 9. The second-order valence-corrected chi connectivity index (χ2v) is 9.23. The molecule has 1 aromatic heterocycles. The zero-order valence-electron chi connectivity index (χ0n) is 18.5. The lowest BCUT2D eigenvalue weighted by atomic mass is 9.83. The number of nitrogens with zero attached hydrogens (tertiary/aromatic N) is 2. The Hall–Kier alpha value is -2.57. The number of carbonyl (C=O) groups is 1. The summed E-state index contributed by atoms with van der Waals surface area (Å²) in [6.45, 7) is 0.645. The molecule has 1 aliphatic rings. The number of hydrogen-bond acceptors (Lipinski definition) is 4. The number of amides is 1. The Kier molecular flexibility index (Phi) is 7.66. The van der Waals surface area contributed by atoms with E-state index in [1.165, 1.54) is 18.4 Å². The maximum Gasteiger partial charge on any atom is 0.228 e. The molecule has 0 spiro atoms. The van der Waals surface area contributed by atoms with Gasteiger partial charge in [-0.25, -0.2) is 4.98 Å². The van der Waals surface area contributed by atoms with Crippen LogP contribution in [0.5, 0.6) is 0 Å². The lowest BCUT2D eigenvalue weighted by molar-refractivity contribution is -0.124. The van der Waals surface area contributed by atoms with E-state index in [4.69, 9.17) is 0 Å². The summed E-state index contributed by atoms with van der Waals surface area (Å²) >= 11 is 1.63. The summed E-state index contributed by atoms with van der Waals surface area (Å²) in [7, 11) is 0. The van der Waals surface area contributed by atoms with Crippen LogP contribution in [0.3, 0.4) is 0 Å². The Bertz CT molecular complexity index is 997. The van der Waals surface area contributed by atoms with E-state index < -0.39 is 6.04 Å². The minimum Gasteiger partial charge on any atom is -0.394 e. The Morgan fingerprint density at radius 2 is 1.84 bits per heavy atom. The topological polar surface area (TPSA) is 67.2 Å². The molecule has 0 saturated heterocycles. The first kappa shape index (κ1) is 22.6. The van der Waals surface area contributed by atoms with E-state index in [1.54, 1.807) is 11.8 Å². The predicted molar refractivity (Wildman–Crippen MR) is 129 cm³/mol. The van der Waals surface area contributed by atoms with Gasteiger partial charge in [0.2, 0.25) is 5.91 Å². The first-order valence-electron chi connectivity index (χ1n) is 11.3. The second-order valence-electron chi connectivity index (χ2n) is 8.46. The predicted octanol–water partition coefficient (Wildman–Crippen LogP) is 4.78. The van der Waals surface area contributed by atoms with Crippen molar-refractivity contribution in [2.45, 2.75) is 49.3 Å². The third-order valence-corrected chi connectivity index (χ3v) is 7.11. The van der Waals surface area contributed by atoms with E-state index in [1.807, 2.05) is 49.0 Å². The molecule has 1 unspecified atom stereocenters. The van der Waals surface area contributed by atoms with Gasteiger partial charge in [-0.2, -0.15) is 0 Å². The molecule has 1 heterocycles. The molecule has 1 fully saturated rings. The van der Waals surface area contributed by atoms with Crippen LogP contribution in [0.25, 0.3) is 0 Å². The lowest BCUT2D eigenvalue weighted by Crippen LogP contribution is -2.37. The highest BCUT2D eigenvalue weighted by atomic mass is 32.2. The monoisotopic (exact) mass is 449 g/mol. The molecule has 1 saturated carbocycles. The smallest absolute Gasteiger partial charge is 0.228 e. The van der Waals surface area contributed by atoms with Crippen LogP contribution in [-0.2, 0) is 11.3 Å². The summed E-state index contributed by atoms with van der Waals surface area (Å²) in [5.74, 6) is 0.152. The zero-order valence-corrected chi connectivity index (χ0v) is 19.3. The number of carbonyl (C=O) groups excluding carboxylic acids is 1. The van der Waals surface area contributed by atoms with Crippen LogP contribution in [-0.4, -0.2) is 33.4 Å². The number of benzene rings is 2. The van der Waals surface area contributed by atoms with E-state index >= 15 is 0 Å². The molecule has 0 aliphatic heterocycles. The third-order valence-electron chi connectivity index (χ3n) is 6.41. The molecule has 5 nitrogen and oxygen atoms in total. The SMILES string of the molecule is CSc1nccn1Cc1ccc(C(C(=O)N[C@@H](CO)c2ccccc2)C2CCCC2)cc1. The number of hydrogen-bond donors (Lipinski definition) is 2. The van der Waals surface area contributed by atoms with E-state index in [0.717, 1.165) is 35.7 Å². The number of aliphatic hydroxyl groups is 1. The molecular formula is C26H31N3O2S. The molecule has 2 N–H and O–H groups in total. The zero-order chi connectivity index (χ0) is 22.3. The Balaban J connectivity index is 1.53. The van der Waals surface area contributed by atoms with Crippen LogP contribution >= 0.6 is 11.8 Å². The van der Waals surface area contributed by atoms with Crippen LogP contribution in [0.1, 0.15) is 54.3 Å². The van der Waals surface area contributed by atoms with Gasteiger partial charge in [-0.3, -0.25) is 4.79 Å². The van der Waals surface area contributed by atoms with Crippen LogP contribution in [0, 0.1) is 5.92 Å². The third kappa shape index (κ3) is 5.25. The highest BCUT2D eigenvalue weighted by Crippen LogP contribution is 2.38. The van der Waals surface area contributed by atoms with Crippen molar-refractivity contribution < 1.29 is 9.90 Å². The Labute approximate surface area is 194 Å². The summed E-state index contributed by atoms with van der Waals surface area (Å²) in [6.07, 6.45) is 10.3. The van der Waals surface area contributed by atoms with Gasteiger partial charge in [0.25, 0.3) is 0 Å². The molecule has 2 atom stereocenters. The molecule has 2 aromatic carbocycles. The molecule has 1 amide bonds. The minimum absolute atomic E-state index is 0.00633. The van der Waals surface area contributed by atoms with Crippen LogP contribution in [0.15, 0.2) is 72.1 Å². The van der Waals surface area contributed by atoms with Crippen molar-refractivity contribution in [1.82, 2.24) is 14.9 Å². The van der Waals surface area contributed by atoms with Crippen LogP contribution in [0.4, 0.5) is 0 Å². The number of imidazole rings is 1. The second kappa shape index (κ2) is 10.8. The maximum atomic E-state index is 13.5. The summed E-state index contributed by atoms with van der Waals surface area (Å²) in [5.41, 5.74) is 3.16. The van der Waals surface area contributed by atoms with Gasteiger partial charge < -0.3 is 15.0 Å². The van der Waals surface area contributed by atoms with Gasteiger partial charge in [-0.15, -0.1) is 0 Å². The molecule has 0 radical (unpaired) electrons. The lowest BCUT2D eigenvalue weighted by Gasteiger charge is -2.26. The summed E-state index contributed by atoms with van der Waals surface area (Å²) in [6, 6.07) is 17.7. The van der Waals surface area contributed by atoms with Gasteiger partial charge in [0.1, 0.15) is 0 Å². The molecule has 6 heteroatoms. The molecule has 1 aliphatic carbocycles. The number of thioether (sulfide) groups is 1. The quantitative estimate of drug-likeness (QED) is 0.462. The summed E-state index contributed by atoms with van der Waals surface area (Å²) in [4.78, 5) is 17.8. The summed E-state index contributed by atoms with van der Waals surface area (Å²) < 4.78 is 2.13. The molecule has 32 heavy (non-hydrogen) atoms. The average molecular weight is 450 g/mol. The normalized spacial score (nSPS) is 16.1. The van der Waals surface area contributed by atoms with Crippen molar-refractivity contribution in [3.05, 3.63) is 83.7 Å². The number of nitrogens with one attached hydrogen (secondary N) is 1. The van der Waals surface area contributed by atoms with E-state index in [2.05, 4.69) is 39.1 Å². The fourth-order valence-corrected chi connectivity index (χ4v) is 5.27. The van der Waals surface area contributed by atoms with Gasteiger partial charge in [0.15, 0.2) is 5.16 Å². The van der Waals surface area contributed by atoms with Crippen LogP contribution < -0.4 is 5.32 Å². The van der Waals surface area contributed by atoms with Gasteiger partial charge >= 0.3 is 0 Å². The standard InChI is InChI=1S/C26H31N3O2S/c1-32-26-27-15-16-29(26)17-19-11-13-22(14-12-19)24(21-9-5-6-10-21)25(31)28-23(18-30)20-7-3-2-4-8-20/h2-4,7-8,11-16,21,23-24,30H,5-6,9-10,17-18H2,1H3,(H,28,31)/t23-,24?/m0/s1. The molecular weight excluding hydrogens is 418 g/mol. The molecule has 4 rings (SSSR count). The van der Waals surface area contributed by atoms with E-state index in [9.17, 15) is 9.90 Å². The number of aliphatic hydroxyl groups excluding tert-OH is 1. The van der Waals surface area contributed by atoms with Crippen molar-refractivity contribution in [2.75, 3.05) is 12.9 Å². The van der Waals surface area contributed by atoms with E-state index in [0.29, 0.717) is 5.92 Å². The Morgan fingerprint density at radius 1 is 1.12 bits per heavy atom. The fourth-order valence-electron chi connectivity index (χ4n) is 4.74. The van der Waals surface area contributed by atoms with Gasteiger partial charge in [0.05, 0.1) is 18.6 Å². The summed E-state index contributed by atoms with van der Waals surface area (Å²) in [5, 5.41) is 14.0. The molecule has 168 valence electrons. The van der Waals surface area contributed by atoms with Crippen LogP contribution in [0.2, 0.25) is 0 Å². The number of aromatic nitrogens is 2. The van der Waals surface area contributed by atoms with Crippen molar-refractivity contribution in [2.24, 2.45) is 5.92 Å². The van der Waals surface area contributed by atoms with Crippen molar-refractivity contribution >= 4 is 17.7 Å².